The maximum atomic E-state index is 4.63. The number of aromatic nitrogens is 2. The number of rotatable bonds is 2. The van der Waals surface area contributed by atoms with Gasteiger partial charge in [-0.05, 0) is 0 Å². The Labute approximate surface area is 124 Å². The van der Waals surface area contributed by atoms with E-state index >= 15 is 0 Å². The Morgan fingerprint density at radius 3 is 1.68 bits per heavy atom. The Hall–Kier alpha value is -1.26. The number of hydrogen-bond acceptors (Lipinski definition) is 4. The molecule has 0 fully saturated rings. The first kappa shape index (κ1) is 11.6. The Kier molecular flexibility index (Phi) is 2.85. The summed E-state index contributed by atoms with van der Waals surface area (Å²) in [5, 5.41) is 4.21. The van der Waals surface area contributed by atoms with Crippen molar-refractivity contribution >= 4 is 48.7 Å². The zero-order chi connectivity index (χ0) is 12.7. The van der Waals surface area contributed by atoms with E-state index in [2.05, 4.69) is 55.1 Å². The third-order valence-electron chi connectivity index (χ3n) is 2.99. The Morgan fingerprint density at radius 1 is 0.737 bits per heavy atom. The molecule has 3 heterocycles. The fourth-order valence-corrected chi connectivity index (χ4v) is 4.84. The van der Waals surface area contributed by atoms with Crippen LogP contribution in [-0.2, 0) is 0 Å². The van der Waals surface area contributed by atoms with E-state index in [0.29, 0.717) is 0 Å². The zero-order valence-corrected chi connectivity index (χ0v) is 13.1. The van der Waals surface area contributed by atoms with Gasteiger partial charge in [0.05, 0.1) is 0 Å². The van der Waals surface area contributed by atoms with Crippen LogP contribution in [0.15, 0.2) is 47.2 Å². The third-order valence-corrected chi connectivity index (χ3v) is 5.90. The molecule has 0 radical (unpaired) electrons. The molecule has 0 aliphatic heterocycles. The molecular formula is C14H8N2S2Se. The van der Waals surface area contributed by atoms with Crippen LogP contribution >= 0.6 is 22.7 Å². The second-order valence-electron chi connectivity index (χ2n) is 4.08. The molecule has 92 valence electrons. The molecule has 3 aromatic heterocycles. The average Bonchev–Trinajstić information content (AvgIpc) is 3.19. The van der Waals surface area contributed by atoms with Crippen LogP contribution in [0.5, 0.6) is 0 Å². The van der Waals surface area contributed by atoms with E-state index in [0.717, 1.165) is 11.0 Å². The molecule has 4 aromatic rings. The van der Waals surface area contributed by atoms with E-state index in [1.807, 2.05) is 0 Å². The molecule has 0 N–H and O–H groups in total. The van der Waals surface area contributed by atoms with Crippen molar-refractivity contribution in [1.82, 2.24) is 7.96 Å². The van der Waals surface area contributed by atoms with Gasteiger partial charge in [-0.3, -0.25) is 0 Å². The minimum absolute atomic E-state index is 0.00169. The van der Waals surface area contributed by atoms with E-state index in [-0.39, 0.29) is 15.0 Å². The van der Waals surface area contributed by atoms with Crippen molar-refractivity contribution < 1.29 is 0 Å². The molecule has 0 aliphatic rings. The van der Waals surface area contributed by atoms with Crippen molar-refractivity contribution in [3.05, 3.63) is 47.2 Å². The summed E-state index contributed by atoms with van der Waals surface area (Å²) in [4.78, 5) is 2.54. The summed E-state index contributed by atoms with van der Waals surface area (Å²) in [5.41, 5.74) is 4.59. The summed E-state index contributed by atoms with van der Waals surface area (Å²) in [5.74, 6) is 0. The summed E-state index contributed by atoms with van der Waals surface area (Å²) in [6.07, 6.45) is 0. The minimum atomic E-state index is 0.00169. The van der Waals surface area contributed by atoms with Crippen LogP contribution in [0.4, 0.5) is 0 Å². The van der Waals surface area contributed by atoms with Crippen molar-refractivity contribution in [2.75, 3.05) is 0 Å². The Balaban J connectivity index is 2.01. The SMILES string of the molecule is c1csc(-c2ccc(-c3cccs3)c3n[se]nc23)c1. The summed E-state index contributed by atoms with van der Waals surface area (Å²) in [6, 6.07) is 12.8. The average molecular weight is 347 g/mol. The molecule has 0 saturated heterocycles. The van der Waals surface area contributed by atoms with E-state index in [4.69, 9.17) is 0 Å². The van der Waals surface area contributed by atoms with Crippen LogP contribution in [0.25, 0.3) is 31.9 Å². The van der Waals surface area contributed by atoms with Crippen LogP contribution in [-0.4, -0.2) is 22.9 Å². The van der Waals surface area contributed by atoms with Gasteiger partial charge >= 0.3 is 125 Å². The number of benzene rings is 1. The van der Waals surface area contributed by atoms with Gasteiger partial charge in [-0.2, -0.15) is 0 Å². The van der Waals surface area contributed by atoms with Gasteiger partial charge in [-0.25, -0.2) is 0 Å². The molecular weight excluding hydrogens is 339 g/mol. The van der Waals surface area contributed by atoms with Crippen molar-refractivity contribution in [2.24, 2.45) is 0 Å². The predicted molar refractivity (Wildman–Crippen MR) is 83.1 cm³/mol. The molecule has 2 nitrogen and oxygen atoms in total. The normalized spacial score (nSPS) is 11.2. The molecule has 0 bridgehead atoms. The first-order chi connectivity index (χ1) is 9.43. The third kappa shape index (κ3) is 1.90. The van der Waals surface area contributed by atoms with E-state index in [1.165, 1.54) is 20.9 Å². The Bertz CT molecular complexity index is 748. The summed E-state index contributed by atoms with van der Waals surface area (Å²) < 4.78 is 9.27. The van der Waals surface area contributed by atoms with Gasteiger partial charge < -0.3 is 0 Å². The molecule has 0 atom stereocenters. The predicted octanol–water partition coefficient (Wildman–Crippen LogP) is 4.14. The van der Waals surface area contributed by atoms with E-state index < -0.39 is 0 Å². The van der Waals surface area contributed by atoms with Crippen molar-refractivity contribution in [1.29, 1.82) is 0 Å². The van der Waals surface area contributed by atoms with Crippen LogP contribution in [0, 0.1) is 0 Å². The molecule has 0 amide bonds. The molecule has 0 spiro atoms. The molecule has 0 unspecified atom stereocenters. The number of hydrogen-bond donors (Lipinski definition) is 0. The van der Waals surface area contributed by atoms with Gasteiger partial charge in [0.2, 0.25) is 0 Å². The van der Waals surface area contributed by atoms with E-state index in [9.17, 15) is 0 Å². The second kappa shape index (κ2) is 4.69. The summed E-state index contributed by atoms with van der Waals surface area (Å²) in [7, 11) is 0. The Morgan fingerprint density at radius 2 is 1.26 bits per heavy atom. The first-order valence-electron chi connectivity index (χ1n) is 5.76. The molecule has 1 aromatic carbocycles. The monoisotopic (exact) mass is 348 g/mol. The standard InChI is InChI=1S/C14H8N2S2Se/c1-3-11(17-7-1)9-5-6-10(12-4-2-8-18-12)14-13(9)15-19-16-14/h1-8H. The van der Waals surface area contributed by atoms with Crippen LogP contribution in [0.3, 0.4) is 0 Å². The van der Waals surface area contributed by atoms with Gasteiger partial charge in [0, 0.05) is 0 Å². The van der Waals surface area contributed by atoms with Crippen LogP contribution in [0.2, 0.25) is 0 Å². The number of nitrogens with zero attached hydrogens (tertiary/aromatic N) is 2. The van der Waals surface area contributed by atoms with Crippen molar-refractivity contribution in [3.8, 4) is 20.9 Å². The molecule has 19 heavy (non-hydrogen) atoms. The second-order valence-corrected chi connectivity index (χ2v) is 7.08. The topological polar surface area (TPSA) is 25.8 Å². The number of thiophene rings is 2. The zero-order valence-electron chi connectivity index (χ0n) is 9.74. The fraction of sp³-hybridized carbons (Fsp3) is 0. The van der Waals surface area contributed by atoms with Gasteiger partial charge in [0.15, 0.2) is 0 Å². The number of fused-ring (bicyclic) bond motifs is 1. The first-order valence-corrected chi connectivity index (χ1v) is 9.05. The molecule has 0 aliphatic carbocycles. The summed E-state index contributed by atoms with van der Waals surface area (Å²) >= 11 is 3.51. The van der Waals surface area contributed by atoms with Gasteiger partial charge in [0.1, 0.15) is 0 Å². The maximum absolute atomic E-state index is 4.63. The van der Waals surface area contributed by atoms with E-state index in [1.54, 1.807) is 22.7 Å². The van der Waals surface area contributed by atoms with Crippen LogP contribution in [0.1, 0.15) is 0 Å². The van der Waals surface area contributed by atoms with Crippen molar-refractivity contribution in [3.63, 3.8) is 0 Å². The van der Waals surface area contributed by atoms with Crippen molar-refractivity contribution in [2.45, 2.75) is 0 Å². The quantitative estimate of drug-likeness (QED) is 0.509. The van der Waals surface area contributed by atoms with Crippen LogP contribution < -0.4 is 0 Å². The molecule has 4 rings (SSSR count). The fourth-order valence-electron chi connectivity index (χ4n) is 2.13. The summed E-state index contributed by atoms with van der Waals surface area (Å²) in [6.45, 7) is 0. The van der Waals surface area contributed by atoms with Gasteiger partial charge in [0.25, 0.3) is 0 Å². The van der Waals surface area contributed by atoms with Gasteiger partial charge in [-0.1, -0.05) is 0 Å². The molecule has 0 saturated carbocycles. The molecule has 5 heteroatoms. The van der Waals surface area contributed by atoms with Gasteiger partial charge in [-0.15, -0.1) is 0 Å².